The first-order valence-electron chi connectivity index (χ1n) is 3.72. The lowest BCUT2D eigenvalue weighted by atomic mass is 10.3. The Kier molecular flexibility index (Phi) is 5.53. The predicted octanol–water partition coefficient (Wildman–Crippen LogP) is 2.75. The topological polar surface area (TPSA) is 24.7 Å². The molecule has 0 unspecified atom stereocenters. The molecule has 0 aliphatic carbocycles. The van der Waals surface area contributed by atoms with E-state index in [-0.39, 0.29) is 0 Å². The van der Waals surface area contributed by atoms with E-state index >= 15 is 0 Å². The number of aliphatic imine (C=N–C) groups is 2. The summed E-state index contributed by atoms with van der Waals surface area (Å²) in [5.74, 6) is 0.632. The fraction of sp³-hybridized carbons (Fsp3) is 0.200. The van der Waals surface area contributed by atoms with Gasteiger partial charge in [0.2, 0.25) is 0 Å². The molecule has 0 fully saturated rings. The molecule has 0 heterocycles. The zero-order valence-electron chi connectivity index (χ0n) is 7.62. The lowest BCUT2D eigenvalue weighted by Crippen LogP contribution is -1.93. The molecule has 0 spiro atoms. The fourth-order valence-corrected chi connectivity index (χ4v) is 0.522. The lowest BCUT2D eigenvalue weighted by Gasteiger charge is -1.94. The van der Waals surface area contributed by atoms with Crippen LogP contribution in [-0.2, 0) is 0 Å². The molecule has 0 aliphatic heterocycles. The first-order chi connectivity index (χ1) is 5.72. The minimum Gasteiger partial charge on any atom is -0.237 e. The Hall–Kier alpha value is -1.44. The molecular formula is C10H14N2. The van der Waals surface area contributed by atoms with E-state index in [0.717, 1.165) is 5.57 Å². The maximum absolute atomic E-state index is 4.07. The number of hydrogen-bond acceptors (Lipinski definition) is 1. The van der Waals surface area contributed by atoms with Gasteiger partial charge in [-0.1, -0.05) is 25.3 Å². The molecule has 0 bridgehead atoms. The van der Waals surface area contributed by atoms with Crippen molar-refractivity contribution in [1.29, 1.82) is 0 Å². The Balaban J connectivity index is 4.54. The van der Waals surface area contributed by atoms with Gasteiger partial charge in [0.05, 0.1) is 0 Å². The van der Waals surface area contributed by atoms with Crippen LogP contribution in [0.25, 0.3) is 0 Å². The highest BCUT2D eigenvalue weighted by Gasteiger charge is 1.92. The summed E-state index contributed by atoms with van der Waals surface area (Å²) in [7, 11) is 0. The Labute approximate surface area is 73.7 Å². The smallest absolute Gasteiger partial charge is 0.154 e. The van der Waals surface area contributed by atoms with Crippen LogP contribution in [0, 0.1) is 0 Å². The average molecular weight is 162 g/mol. The first kappa shape index (κ1) is 10.6. The molecule has 2 nitrogen and oxygen atoms in total. The van der Waals surface area contributed by atoms with Crippen molar-refractivity contribution >= 4 is 12.1 Å². The van der Waals surface area contributed by atoms with Gasteiger partial charge in [-0.2, -0.15) is 0 Å². The SMILES string of the molecule is C=C\C=N/C(=N/C=C\C)C(=C)C. The molecule has 2 heteroatoms. The zero-order chi connectivity index (χ0) is 9.40. The summed E-state index contributed by atoms with van der Waals surface area (Å²) in [4.78, 5) is 8.11. The van der Waals surface area contributed by atoms with Gasteiger partial charge in [-0.05, 0) is 19.4 Å². The van der Waals surface area contributed by atoms with Crippen LogP contribution in [0.3, 0.4) is 0 Å². The van der Waals surface area contributed by atoms with Crippen molar-refractivity contribution in [3.63, 3.8) is 0 Å². The molecule has 0 atom stereocenters. The average Bonchev–Trinajstić information content (AvgIpc) is 2.04. The molecule has 64 valence electrons. The number of hydrogen-bond donors (Lipinski definition) is 0. The maximum Gasteiger partial charge on any atom is 0.154 e. The van der Waals surface area contributed by atoms with Crippen molar-refractivity contribution in [2.45, 2.75) is 13.8 Å². The van der Waals surface area contributed by atoms with Gasteiger partial charge in [-0.3, -0.25) is 0 Å². The molecule has 0 saturated heterocycles. The van der Waals surface area contributed by atoms with Crippen LogP contribution in [0.15, 0.2) is 47.1 Å². The molecule has 0 aliphatic rings. The van der Waals surface area contributed by atoms with Gasteiger partial charge in [0.15, 0.2) is 5.84 Å². The number of nitrogens with zero attached hydrogens (tertiary/aromatic N) is 2. The van der Waals surface area contributed by atoms with E-state index in [0.29, 0.717) is 5.84 Å². The van der Waals surface area contributed by atoms with E-state index in [4.69, 9.17) is 0 Å². The maximum atomic E-state index is 4.07. The summed E-state index contributed by atoms with van der Waals surface area (Å²) < 4.78 is 0. The van der Waals surface area contributed by atoms with Crippen LogP contribution in [0.5, 0.6) is 0 Å². The molecule has 0 aromatic rings. The lowest BCUT2D eigenvalue weighted by molar-refractivity contribution is 1.43. The van der Waals surface area contributed by atoms with E-state index in [9.17, 15) is 0 Å². The van der Waals surface area contributed by atoms with Crippen molar-refractivity contribution in [3.05, 3.63) is 37.1 Å². The molecular weight excluding hydrogens is 148 g/mol. The molecule has 12 heavy (non-hydrogen) atoms. The third kappa shape index (κ3) is 4.39. The summed E-state index contributed by atoms with van der Waals surface area (Å²) >= 11 is 0. The minimum atomic E-state index is 0.632. The molecule has 0 aromatic heterocycles. The quantitative estimate of drug-likeness (QED) is 0.450. The highest BCUT2D eigenvalue weighted by Crippen LogP contribution is 1.95. The fourth-order valence-electron chi connectivity index (χ4n) is 0.522. The number of amidine groups is 1. The van der Waals surface area contributed by atoms with E-state index < -0.39 is 0 Å². The second-order valence-corrected chi connectivity index (χ2v) is 2.23. The number of allylic oxidation sites excluding steroid dienone is 2. The van der Waals surface area contributed by atoms with E-state index in [1.54, 1.807) is 18.5 Å². The van der Waals surface area contributed by atoms with Crippen molar-refractivity contribution < 1.29 is 0 Å². The molecule has 0 radical (unpaired) electrons. The van der Waals surface area contributed by atoms with Crippen LogP contribution >= 0.6 is 0 Å². The van der Waals surface area contributed by atoms with Gasteiger partial charge in [-0.25, -0.2) is 9.98 Å². The van der Waals surface area contributed by atoms with Gasteiger partial charge in [0.25, 0.3) is 0 Å². The minimum absolute atomic E-state index is 0.632. The largest absolute Gasteiger partial charge is 0.237 e. The van der Waals surface area contributed by atoms with Gasteiger partial charge >= 0.3 is 0 Å². The summed E-state index contributed by atoms with van der Waals surface area (Å²) in [6, 6.07) is 0. The Morgan fingerprint density at radius 1 is 1.42 bits per heavy atom. The normalized spacial score (nSPS) is 12.7. The molecule has 0 saturated carbocycles. The Bertz CT molecular complexity index is 245. The summed E-state index contributed by atoms with van der Waals surface area (Å²) in [5, 5.41) is 0. The second kappa shape index (κ2) is 6.28. The summed E-state index contributed by atoms with van der Waals surface area (Å²) in [5.41, 5.74) is 0.839. The molecule has 0 amide bonds. The van der Waals surface area contributed by atoms with Crippen molar-refractivity contribution in [1.82, 2.24) is 0 Å². The van der Waals surface area contributed by atoms with Crippen molar-refractivity contribution in [2.75, 3.05) is 0 Å². The van der Waals surface area contributed by atoms with Crippen LogP contribution in [-0.4, -0.2) is 12.1 Å². The molecule has 0 aromatic carbocycles. The van der Waals surface area contributed by atoms with Crippen LogP contribution in [0.4, 0.5) is 0 Å². The van der Waals surface area contributed by atoms with Gasteiger partial charge < -0.3 is 0 Å². The van der Waals surface area contributed by atoms with E-state index in [1.807, 2.05) is 19.9 Å². The second-order valence-electron chi connectivity index (χ2n) is 2.23. The van der Waals surface area contributed by atoms with Crippen LogP contribution < -0.4 is 0 Å². The van der Waals surface area contributed by atoms with Crippen molar-refractivity contribution in [3.8, 4) is 0 Å². The first-order valence-corrected chi connectivity index (χ1v) is 3.72. The van der Waals surface area contributed by atoms with Gasteiger partial charge in [-0.15, -0.1) is 0 Å². The standard InChI is InChI=1S/C10H14N2/c1-5-7-11-10(9(3)4)12-8-6-2/h5-8H,1,3H2,2,4H3/b8-6-,11-7-,12-10+. The summed E-state index contributed by atoms with van der Waals surface area (Å²) in [6.07, 6.45) is 6.72. The Morgan fingerprint density at radius 2 is 2.08 bits per heavy atom. The molecule has 0 rings (SSSR count). The van der Waals surface area contributed by atoms with Crippen LogP contribution in [0.2, 0.25) is 0 Å². The van der Waals surface area contributed by atoms with Crippen LogP contribution in [0.1, 0.15) is 13.8 Å². The highest BCUT2D eigenvalue weighted by molar-refractivity contribution is 6.03. The Morgan fingerprint density at radius 3 is 2.50 bits per heavy atom. The number of rotatable bonds is 3. The van der Waals surface area contributed by atoms with Gasteiger partial charge in [0.1, 0.15) is 0 Å². The molecule has 0 N–H and O–H groups in total. The highest BCUT2D eigenvalue weighted by atomic mass is 14.9. The monoisotopic (exact) mass is 162 g/mol. The van der Waals surface area contributed by atoms with Crippen molar-refractivity contribution in [2.24, 2.45) is 9.98 Å². The third-order valence-electron chi connectivity index (χ3n) is 1.03. The van der Waals surface area contributed by atoms with E-state index in [2.05, 4.69) is 23.1 Å². The zero-order valence-corrected chi connectivity index (χ0v) is 7.62. The van der Waals surface area contributed by atoms with E-state index in [1.165, 1.54) is 0 Å². The third-order valence-corrected chi connectivity index (χ3v) is 1.03. The predicted molar refractivity (Wildman–Crippen MR) is 55.8 cm³/mol. The summed E-state index contributed by atoms with van der Waals surface area (Å²) in [6.45, 7) is 11.0. The van der Waals surface area contributed by atoms with Gasteiger partial charge in [0, 0.05) is 12.4 Å².